The number of imidazole rings is 1. The lowest BCUT2D eigenvalue weighted by atomic mass is 10.1. The van der Waals surface area contributed by atoms with Crippen molar-refractivity contribution in [2.75, 3.05) is 5.32 Å². The summed E-state index contributed by atoms with van der Waals surface area (Å²) in [6.45, 7) is 6.75. The second-order valence-electron chi connectivity index (χ2n) is 8.19. The summed E-state index contributed by atoms with van der Waals surface area (Å²) < 4.78 is 15.7. The Kier molecular flexibility index (Phi) is 5.83. The average Bonchev–Trinajstić information content (AvgIpc) is 3.36. The van der Waals surface area contributed by atoms with Crippen molar-refractivity contribution >= 4 is 62.9 Å². The van der Waals surface area contributed by atoms with Gasteiger partial charge in [-0.2, -0.15) is 9.97 Å². The van der Waals surface area contributed by atoms with Crippen LogP contribution in [0.3, 0.4) is 0 Å². The van der Waals surface area contributed by atoms with Crippen LogP contribution in [-0.4, -0.2) is 42.8 Å². The molecule has 0 aliphatic carbocycles. The molecule has 1 aromatic carbocycles. The molecular formula is C21H23ClIN5O2S. The third-order valence-corrected chi connectivity index (χ3v) is 8.11. The van der Waals surface area contributed by atoms with Gasteiger partial charge in [-0.05, 0) is 72.2 Å². The molecule has 4 atom stereocenters. The molecule has 2 aliphatic rings. The van der Waals surface area contributed by atoms with Crippen LogP contribution >= 0.6 is 46.0 Å². The van der Waals surface area contributed by atoms with E-state index in [-0.39, 0.29) is 22.9 Å². The minimum Gasteiger partial charge on any atom is -0.364 e. The Labute approximate surface area is 203 Å². The number of benzene rings is 1. The molecule has 3 aromatic rings. The number of fused-ring (bicyclic) bond motifs is 2. The van der Waals surface area contributed by atoms with Crippen LogP contribution in [0.5, 0.6) is 0 Å². The molecule has 0 saturated carbocycles. The van der Waals surface area contributed by atoms with Crippen LogP contribution in [0.4, 0.5) is 5.82 Å². The van der Waals surface area contributed by atoms with E-state index in [4.69, 9.17) is 21.1 Å². The fourth-order valence-electron chi connectivity index (χ4n) is 4.24. The van der Waals surface area contributed by atoms with Crippen molar-refractivity contribution in [3.8, 4) is 0 Å². The normalized spacial score (nSPS) is 27.0. The fraction of sp³-hybridized carbons (Fsp3) is 0.476. The Morgan fingerprint density at radius 3 is 2.84 bits per heavy atom. The summed E-state index contributed by atoms with van der Waals surface area (Å²) in [5, 5.41) is 3.93. The van der Waals surface area contributed by atoms with E-state index in [9.17, 15) is 0 Å². The molecule has 2 saturated heterocycles. The highest BCUT2D eigenvalue weighted by atomic mass is 127. The number of nitrogens with one attached hydrogen (secondary N) is 1. The lowest BCUT2D eigenvalue weighted by Gasteiger charge is -2.23. The first-order valence-electron chi connectivity index (χ1n) is 10.2. The number of hydrogen-bond acceptors (Lipinski definition) is 7. The summed E-state index contributed by atoms with van der Waals surface area (Å²) in [6, 6.07) is 8.31. The van der Waals surface area contributed by atoms with E-state index in [1.807, 2.05) is 38.0 Å². The summed E-state index contributed by atoms with van der Waals surface area (Å²) >= 11 is 10.5. The molecule has 1 N–H and O–H groups in total. The number of halogens is 2. The molecule has 2 fully saturated rings. The number of rotatable bonds is 5. The number of thioether (sulfide) groups is 1. The molecule has 0 spiro atoms. The molecule has 0 bridgehead atoms. The van der Waals surface area contributed by atoms with Crippen LogP contribution in [0, 0.1) is 3.57 Å². The lowest BCUT2D eigenvalue weighted by Crippen LogP contribution is -2.28. The van der Waals surface area contributed by atoms with Crippen LogP contribution in [0.25, 0.3) is 11.2 Å². The van der Waals surface area contributed by atoms with Gasteiger partial charge in [0.1, 0.15) is 17.6 Å². The fourth-order valence-corrected chi connectivity index (χ4v) is 6.58. The summed E-state index contributed by atoms with van der Waals surface area (Å²) in [5.41, 5.74) is 2.56. The molecule has 0 amide bonds. The summed E-state index contributed by atoms with van der Waals surface area (Å²) in [4.78, 5) is 13.6. The largest absolute Gasteiger partial charge is 0.364 e. The van der Waals surface area contributed by atoms with Gasteiger partial charge in [0, 0.05) is 15.4 Å². The van der Waals surface area contributed by atoms with Gasteiger partial charge < -0.3 is 14.8 Å². The maximum atomic E-state index is 6.31. The summed E-state index contributed by atoms with van der Waals surface area (Å²) in [7, 11) is 0. The maximum Gasteiger partial charge on any atom is 0.226 e. The van der Waals surface area contributed by atoms with Gasteiger partial charge in [0.25, 0.3) is 0 Å². The van der Waals surface area contributed by atoms with Crippen molar-refractivity contribution in [1.82, 2.24) is 19.5 Å². The summed E-state index contributed by atoms with van der Waals surface area (Å²) in [5.74, 6) is 0.0355. The Hall–Kier alpha value is -1.14. The number of hydrogen-bond donors (Lipinski definition) is 1. The average molecular weight is 572 g/mol. The predicted molar refractivity (Wildman–Crippen MR) is 131 cm³/mol. The van der Waals surface area contributed by atoms with E-state index in [1.165, 1.54) is 3.57 Å². The van der Waals surface area contributed by atoms with Gasteiger partial charge in [-0.1, -0.05) is 19.1 Å². The second-order valence-corrected chi connectivity index (χ2v) is 11.1. The first-order chi connectivity index (χ1) is 14.8. The first kappa shape index (κ1) is 21.7. The van der Waals surface area contributed by atoms with Gasteiger partial charge >= 0.3 is 0 Å². The van der Waals surface area contributed by atoms with Crippen LogP contribution in [-0.2, 0) is 16.0 Å². The van der Waals surface area contributed by atoms with Crippen molar-refractivity contribution in [3.63, 3.8) is 0 Å². The number of nitrogens with zero attached hydrogens (tertiary/aromatic N) is 4. The molecular weight excluding hydrogens is 549 g/mol. The zero-order valence-electron chi connectivity index (χ0n) is 17.4. The van der Waals surface area contributed by atoms with Gasteiger partial charge in [-0.25, -0.2) is 4.98 Å². The van der Waals surface area contributed by atoms with Crippen molar-refractivity contribution in [3.05, 3.63) is 45.0 Å². The SMILES string of the molecule is CCC1SC(n2cnc3c(NCc4cccc(I)c4)nc(Cl)nc32)C2OC(C)(C)OC12. The number of anilines is 1. The third kappa shape index (κ3) is 4.15. The number of ether oxygens (including phenoxy) is 2. The van der Waals surface area contributed by atoms with Crippen LogP contribution in [0.2, 0.25) is 5.28 Å². The summed E-state index contributed by atoms with van der Waals surface area (Å²) in [6.07, 6.45) is 2.79. The van der Waals surface area contributed by atoms with E-state index in [0.717, 1.165) is 12.0 Å². The van der Waals surface area contributed by atoms with Gasteiger partial charge in [0.15, 0.2) is 22.8 Å². The van der Waals surface area contributed by atoms with E-state index in [1.54, 1.807) is 0 Å². The smallest absolute Gasteiger partial charge is 0.226 e. The zero-order chi connectivity index (χ0) is 21.8. The van der Waals surface area contributed by atoms with Gasteiger partial charge in [0.05, 0.1) is 6.33 Å². The van der Waals surface area contributed by atoms with Crippen molar-refractivity contribution < 1.29 is 9.47 Å². The molecule has 4 unspecified atom stereocenters. The Morgan fingerprint density at radius 1 is 1.26 bits per heavy atom. The maximum absolute atomic E-state index is 6.31. The van der Waals surface area contributed by atoms with Gasteiger partial charge in [-0.3, -0.25) is 4.57 Å². The predicted octanol–water partition coefficient (Wildman–Crippen LogP) is 5.24. The standard InChI is InChI=1S/C21H23ClIN5O2S/c1-4-13-15-16(30-21(2,3)29-15)19(31-13)28-10-25-14-17(26-20(22)27-18(14)28)24-9-11-6-5-7-12(23)8-11/h5-8,10,13,15-16,19H,4,9H2,1-3H3,(H,24,26,27). The van der Waals surface area contributed by atoms with Crippen LogP contribution < -0.4 is 5.32 Å². The molecule has 0 radical (unpaired) electrons. The topological polar surface area (TPSA) is 74.1 Å². The van der Waals surface area contributed by atoms with Crippen molar-refractivity contribution in [2.45, 2.75) is 62.4 Å². The quantitative estimate of drug-likeness (QED) is 0.332. The van der Waals surface area contributed by atoms with Gasteiger partial charge in [-0.15, -0.1) is 11.8 Å². The van der Waals surface area contributed by atoms with Gasteiger partial charge in [0.2, 0.25) is 5.28 Å². The van der Waals surface area contributed by atoms with Crippen LogP contribution in [0.1, 0.15) is 38.1 Å². The molecule has 2 aliphatic heterocycles. The number of aromatic nitrogens is 4. The minimum atomic E-state index is -0.592. The van der Waals surface area contributed by atoms with E-state index < -0.39 is 5.79 Å². The highest BCUT2D eigenvalue weighted by Gasteiger charge is 2.54. The van der Waals surface area contributed by atoms with Crippen molar-refractivity contribution in [1.29, 1.82) is 0 Å². The second kappa shape index (κ2) is 8.33. The molecule has 31 heavy (non-hydrogen) atoms. The highest BCUT2D eigenvalue weighted by Crippen LogP contribution is 2.52. The molecule has 5 rings (SSSR count). The molecule has 10 heteroatoms. The van der Waals surface area contributed by atoms with E-state index in [2.05, 4.69) is 72.5 Å². The van der Waals surface area contributed by atoms with Crippen LogP contribution in [0.15, 0.2) is 30.6 Å². The zero-order valence-corrected chi connectivity index (χ0v) is 21.1. The monoisotopic (exact) mass is 571 g/mol. The lowest BCUT2D eigenvalue weighted by molar-refractivity contribution is -0.148. The third-order valence-electron chi connectivity index (χ3n) is 5.54. The Morgan fingerprint density at radius 2 is 2.06 bits per heavy atom. The first-order valence-corrected chi connectivity index (χ1v) is 12.6. The van der Waals surface area contributed by atoms with Crippen molar-refractivity contribution in [2.24, 2.45) is 0 Å². The molecule has 164 valence electrons. The Bertz CT molecular complexity index is 1130. The minimum absolute atomic E-state index is 0.0104. The highest BCUT2D eigenvalue weighted by molar-refractivity contribution is 14.1. The molecule has 4 heterocycles. The van der Waals surface area contributed by atoms with E-state index in [0.29, 0.717) is 28.8 Å². The van der Waals surface area contributed by atoms with E-state index >= 15 is 0 Å². The molecule has 2 aromatic heterocycles. The molecule has 7 nitrogen and oxygen atoms in total. The Balaban J connectivity index is 1.47.